The summed E-state index contributed by atoms with van der Waals surface area (Å²) in [6.45, 7) is 4.78. The summed E-state index contributed by atoms with van der Waals surface area (Å²) in [5, 5.41) is 21.0. The van der Waals surface area contributed by atoms with E-state index in [0.717, 1.165) is 45.8 Å². The first-order valence-corrected chi connectivity index (χ1v) is 19.4. The number of carbonyl (C=O) groups excluding carboxylic acids is 2. The van der Waals surface area contributed by atoms with Gasteiger partial charge in [0.25, 0.3) is 5.91 Å². The van der Waals surface area contributed by atoms with Crippen LogP contribution in [0.2, 0.25) is 0 Å². The van der Waals surface area contributed by atoms with Crippen molar-refractivity contribution < 1.29 is 27.1 Å². The molecular formula is C38H40BF3N10O2S. The van der Waals surface area contributed by atoms with E-state index in [-0.39, 0.29) is 23.9 Å². The van der Waals surface area contributed by atoms with Gasteiger partial charge < -0.3 is 32.7 Å². The van der Waals surface area contributed by atoms with E-state index < -0.39 is 18.7 Å². The molecule has 7 heterocycles. The van der Waals surface area contributed by atoms with Crippen LogP contribution >= 0.6 is 11.3 Å². The molecular weight excluding hydrogens is 728 g/mol. The number of nitrogens with one attached hydrogen (secondary N) is 1. The monoisotopic (exact) mass is 768 g/mol. The fraction of sp³-hybridized carbons (Fsp3) is 0.395. The number of unbranched alkanes of at least 4 members (excludes halogenated alkanes) is 1. The Morgan fingerprint density at radius 3 is 2.71 bits per heavy atom. The molecule has 0 aliphatic carbocycles. The van der Waals surface area contributed by atoms with Crippen LogP contribution in [0.5, 0.6) is 0 Å². The highest BCUT2D eigenvalue weighted by molar-refractivity contribution is 7.15. The summed E-state index contributed by atoms with van der Waals surface area (Å²) < 4.78 is 50.9. The van der Waals surface area contributed by atoms with Gasteiger partial charge in [0.1, 0.15) is 11.5 Å². The van der Waals surface area contributed by atoms with E-state index in [1.54, 1.807) is 35.9 Å². The zero-order valence-corrected chi connectivity index (χ0v) is 31.9. The summed E-state index contributed by atoms with van der Waals surface area (Å²) in [6.07, 6.45) is 9.46. The van der Waals surface area contributed by atoms with Crippen molar-refractivity contribution in [1.82, 2.24) is 34.3 Å². The van der Waals surface area contributed by atoms with Gasteiger partial charge in [0.05, 0.1) is 41.3 Å². The number of thiazole rings is 1. The van der Waals surface area contributed by atoms with E-state index in [1.807, 2.05) is 26.0 Å². The highest BCUT2D eigenvalue weighted by atomic mass is 32.1. The molecule has 3 aromatic heterocycles. The highest BCUT2D eigenvalue weighted by Gasteiger charge is 2.54. The van der Waals surface area contributed by atoms with Crippen molar-refractivity contribution in [3.8, 4) is 11.9 Å². The van der Waals surface area contributed by atoms with Crippen LogP contribution in [-0.4, -0.2) is 82.9 Å². The van der Waals surface area contributed by atoms with Gasteiger partial charge in [-0.05, 0) is 88.4 Å². The molecule has 4 aliphatic heterocycles. The van der Waals surface area contributed by atoms with Gasteiger partial charge in [-0.15, -0.1) is 5.10 Å². The van der Waals surface area contributed by atoms with E-state index in [4.69, 9.17) is 5.26 Å². The lowest BCUT2D eigenvalue weighted by Gasteiger charge is -2.34. The molecule has 0 saturated carbocycles. The average Bonchev–Trinajstić information content (AvgIpc) is 3.99. The molecule has 284 valence electrons. The molecule has 55 heavy (non-hydrogen) atoms. The number of benzene rings is 1. The van der Waals surface area contributed by atoms with Gasteiger partial charge in [0.15, 0.2) is 17.0 Å². The van der Waals surface area contributed by atoms with Crippen molar-refractivity contribution >= 4 is 46.5 Å². The van der Waals surface area contributed by atoms with Crippen molar-refractivity contribution in [2.75, 3.05) is 25.0 Å². The Balaban J connectivity index is 0.910. The fourth-order valence-corrected chi connectivity index (χ4v) is 9.53. The molecule has 2 amide bonds. The number of halogens is 3. The standard InChI is InChI=1S/C38H40BF3N10O2S/c1-22-15-24(3)51-34(22)29(35-23(2)16-25(4)52(35)39(51,41)42)8-6-5-7-27-19-50(47-46-27)28-9-10-31(40)30(17-28)37(54)49-14-12-32-33(20-49)55-38(44-32)45-36(53)26-11-13-48(18-26)21-43/h9-10,15-17,19,26H,5-8,11-14,18,20H2,1-4H3,(H,44,45,53)/t26-/m1/s1. The van der Waals surface area contributed by atoms with Gasteiger partial charge in [-0.1, -0.05) is 16.6 Å². The second kappa shape index (κ2) is 14.0. The first-order chi connectivity index (χ1) is 26.3. The number of aryl methyl sites for hydroxylation is 3. The average molecular weight is 769 g/mol. The lowest BCUT2D eigenvalue weighted by Crippen LogP contribution is -2.51. The van der Waals surface area contributed by atoms with Gasteiger partial charge in [0.2, 0.25) is 5.91 Å². The van der Waals surface area contributed by atoms with Crippen molar-refractivity contribution in [3.05, 3.63) is 92.4 Å². The molecule has 1 atom stereocenters. The molecule has 0 spiro atoms. The number of carbonyl (C=O) groups is 2. The first-order valence-electron chi connectivity index (χ1n) is 18.5. The van der Waals surface area contributed by atoms with Gasteiger partial charge in [-0.2, -0.15) is 5.26 Å². The van der Waals surface area contributed by atoms with E-state index >= 15 is 13.0 Å². The molecule has 12 nitrogen and oxygen atoms in total. The topological polar surface area (TPSA) is 128 Å². The molecule has 4 aliphatic rings. The Morgan fingerprint density at radius 2 is 1.93 bits per heavy atom. The molecule has 1 fully saturated rings. The zero-order valence-electron chi connectivity index (χ0n) is 31.1. The van der Waals surface area contributed by atoms with Crippen LogP contribution in [0, 0.1) is 37.0 Å². The minimum atomic E-state index is -4.00. The Kier molecular flexibility index (Phi) is 9.27. The Morgan fingerprint density at radius 1 is 1.13 bits per heavy atom. The summed E-state index contributed by atoms with van der Waals surface area (Å²) in [5.74, 6) is -1.57. The second-order valence-corrected chi connectivity index (χ2v) is 15.9. The molecule has 1 saturated heterocycles. The van der Waals surface area contributed by atoms with Crippen LogP contribution in [0.3, 0.4) is 0 Å². The molecule has 17 heteroatoms. The maximum atomic E-state index is 15.9. The normalized spacial score (nSPS) is 18.7. The number of nitrogens with zero attached hydrogens (tertiary/aromatic N) is 9. The number of anilines is 1. The van der Waals surface area contributed by atoms with Crippen molar-refractivity contribution in [3.63, 3.8) is 0 Å². The number of allylic oxidation sites excluding steroid dienone is 3. The molecule has 0 bridgehead atoms. The number of hydrogen-bond acceptors (Lipinski definition) is 8. The maximum absolute atomic E-state index is 15.9. The second-order valence-electron chi connectivity index (χ2n) is 14.9. The van der Waals surface area contributed by atoms with E-state index in [1.165, 1.54) is 37.1 Å². The predicted molar refractivity (Wildman–Crippen MR) is 202 cm³/mol. The van der Waals surface area contributed by atoms with Gasteiger partial charge in [0, 0.05) is 60.8 Å². The molecule has 4 aromatic rings. The van der Waals surface area contributed by atoms with E-state index in [0.29, 0.717) is 78.9 Å². The number of fused-ring (bicyclic) bond motifs is 3. The third kappa shape index (κ3) is 6.45. The summed E-state index contributed by atoms with van der Waals surface area (Å²) in [5.41, 5.74) is 6.87. The van der Waals surface area contributed by atoms with E-state index in [9.17, 15) is 9.59 Å². The molecule has 0 radical (unpaired) electrons. The van der Waals surface area contributed by atoms with Crippen LogP contribution < -0.4 is 5.32 Å². The quantitative estimate of drug-likeness (QED) is 0.126. The lowest BCUT2D eigenvalue weighted by atomic mass is 9.84. The van der Waals surface area contributed by atoms with Gasteiger partial charge in [-0.3, -0.25) is 9.59 Å². The number of rotatable bonds is 9. The third-order valence-corrected chi connectivity index (χ3v) is 12.1. The SMILES string of the molecule is CC1=CC(C)=[N+]2C1=C(CCCCc1cn(-c3ccc(F)c(C(=O)N4CCc5nc(NC(=O)[C@@H]6CCN(C#N)C6)sc5C4)c3)nn1)c1c(C)cc(C)n1[B-]2(F)F. The fourth-order valence-electron chi connectivity index (χ4n) is 8.50. The molecule has 8 rings (SSSR count). The van der Waals surface area contributed by atoms with Crippen LogP contribution in [0.4, 0.5) is 18.2 Å². The van der Waals surface area contributed by atoms with Crippen LogP contribution in [0.15, 0.2) is 47.8 Å². The van der Waals surface area contributed by atoms with Crippen LogP contribution in [0.1, 0.15) is 83.1 Å². The minimum absolute atomic E-state index is 0.0821. The van der Waals surface area contributed by atoms with E-state index in [2.05, 4.69) is 26.8 Å². The first kappa shape index (κ1) is 36.5. The summed E-state index contributed by atoms with van der Waals surface area (Å²) >= 11 is 1.30. The Hall–Kier alpha value is -5.50. The Labute approximate surface area is 320 Å². The zero-order chi connectivity index (χ0) is 38.8. The molecule has 0 unspecified atom stereocenters. The van der Waals surface area contributed by atoms with Gasteiger partial charge >= 0.3 is 6.97 Å². The smallest absolute Gasteiger partial charge is 0.394 e. The summed E-state index contributed by atoms with van der Waals surface area (Å²) in [4.78, 5) is 34.9. The van der Waals surface area contributed by atoms with Crippen molar-refractivity contribution in [2.24, 2.45) is 5.92 Å². The van der Waals surface area contributed by atoms with Crippen LogP contribution in [0.25, 0.3) is 11.3 Å². The Bertz CT molecular complexity index is 2400. The number of aromatic nitrogens is 5. The lowest BCUT2D eigenvalue weighted by molar-refractivity contribution is -0.363. The molecule has 1 N–H and O–H groups in total. The predicted octanol–water partition coefficient (Wildman–Crippen LogP) is 6.01. The minimum Gasteiger partial charge on any atom is -0.394 e. The van der Waals surface area contributed by atoms with Crippen molar-refractivity contribution in [2.45, 2.75) is 72.8 Å². The number of likely N-dealkylation sites (tertiary alicyclic amines) is 1. The number of amides is 2. The summed E-state index contributed by atoms with van der Waals surface area (Å²) in [6, 6.07) is 6.11. The number of hydrogen-bond donors (Lipinski definition) is 1. The molecule has 1 aromatic carbocycles. The van der Waals surface area contributed by atoms with Crippen molar-refractivity contribution in [1.29, 1.82) is 5.26 Å². The third-order valence-electron chi connectivity index (χ3n) is 11.1. The highest BCUT2D eigenvalue weighted by Crippen LogP contribution is 2.43. The van der Waals surface area contributed by atoms with Gasteiger partial charge in [-0.25, -0.2) is 14.1 Å². The number of nitriles is 1. The summed E-state index contributed by atoms with van der Waals surface area (Å²) in [7, 11) is 0. The van der Waals surface area contributed by atoms with Crippen LogP contribution in [-0.2, 0) is 24.2 Å². The maximum Gasteiger partial charge on any atom is 0.737 e. The largest absolute Gasteiger partial charge is 0.737 e.